The molecule has 1 N–H and O–H groups in total. The number of esters is 1. The van der Waals surface area contributed by atoms with E-state index >= 15 is 0 Å². The van der Waals surface area contributed by atoms with E-state index in [1.54, 1.807) is 6.92 Å². The molecule has 114 valence electrons. The SMILES string of the molecule is CCNC(C)(CCOCCCC(F)(F)F)C(=O)OC. The van der Waals surface area contributed by atoms with Gasteiger partial charge in [0.15, 0.2) is 0 Å². The summed E-state index contributed by atoms with van der Waals surface area (Å²) in [6, 6.07) is 0. The predicted molar refractivity (Wildman–Crippen MR) is 64.8 cm³/mol. The highest BCUT2D eigenvalue weighted by atomic mass is 19.4. The topological polar surface area (TPSA) is 47.6 Å². The van der Waals surface area contributed by atoms with Crippen LogP contribution in [0.1, 0.15) is 33.1 Å². The van der Waals surface area contributed by atoms with E-state index in [1.807, 2.05) is 6.92 Å². The van der Waals surface area contributed by atoms with Gasteiger partial charge in [0.25, 0.3) is 0 Å². The van der Waals surface area contributed by atoms with E-state index in [0.717, 1.165) is 0 Å². The van der Waals surface area contributed by atoms with E-state index in [4.69, 9.17) is 4.74 Å². The molecule has 0 saturated heterocycles. The molecule has 1 atom stereocenters. The molecule has 0 aromatic heterocycles. The number of hydrogen-bond donors (Lipinski definition) is 1. The monoisotopic (exact) mass is 285 g/mol. The largest absolute Gasteiger partial charge is 0.468 e. The Kier molecular flexibility index (Phi) is 8.01. The molecule has 0 amide bonds. The van der Waals surface area contributed by atoms with Crippen LogP contribution in [-0.4, -0.2) is 44.6 Å². The zero-order chi connectivity index (χ0) is 14.9. The average molecular weight is 285 g/mol. The maximum absolute atomic E-state index is 11.9. The van der Waals surface area contributed by atoms with Gasteiger partial charge in [0.1, 0.15) is 5.54 Å². The molecule has 0 aliphatic carbocycles. The molecule has 0 radical (unpaired) electrons. The minimum absolute atomic E-state index is 0.0306. The Labute approximate surface area is 111 Å². The number of hydrogen-bond acceptors (Lipinski definition) is 4. The van der Waals surface area contributed by atoms with E-state index < -0.39 is 24.1 Å². The second kappa shape index (κ2) is 8.37. The van der Waals surface area contributed by atoms with Crippen molar-refractivity contribution in [3.8, 4) is 0 Å². The van der Waals surface area contributed by atoms with Crippen LogP contribution in [0, 0.1) is 0 Å². The Morgan fingerprint density at radius 2 is 1.84 bits per heavy atom. The quantitative estimate of drug-likeness (QED) is 0.521. The summed E-state index contributed by atoms with van der Waals surface area (Å²) in [5, 5.41) is 2.99. The van der Waals surface area contributed by atoms with Gasteiger partial charge in [-0.1, -0.05) is 6.92 Å². The third-order valence-electron chi connectivity index (χ3n) is 2.70. The first-order valence-electron chi connectivity index (χ1n) is 6.23. The fourth-order valence-electron chi connectivity index (χ4n) is 1.63. The van der Waals surface area contributed by atoms with Crippen molar-refractivity contribution in [1.29, 1.82) is 0 Å². The number of carbonyl (C=O) groups excluding carboxylic acids is 1. The molecule has 0 aliphatic rings. The maximum atomic E-state index is 11.9. The summed E-state index contributed by atoms with van der Waals surface area (Å²) in [6.07, 6.45) is -4.72. The van der Waals surface area contributed by atoms with Crippen LogP contribution in [0.5, 0.6) is 0 Å². The molecule has 0 fully saturated rings. The number of rotatable bonds is 9. The number of carbonyl (C=O) groups is 1. The lowest BCUT2D eigenvalue weighted by Gasteiger charge is -2.27. The van der Waals surface area contributed by atoms with Crippen LogP contribution in [0.25, 0.3) is 0 Å². The first-order chi connectivity index (χ1) is 8.75. The highest BCUT2D eigenvalue weighted by Gasteiger charge is 2.33. The normalized spacial score (nSPS) is 15.1. The number of alkyl halides is 3. The van der Waals surface area contributed by atoms with Gasteiger partial charge in [-0.25, -0.2) is 0 Å². The van der Waals surface area contributed by atoms with Gasteiger partial charge in [0.05, 0.1) is 7.11 Å². The highest BCUT2D eigenvalue weighted by Crippen LogP contribution is 2.21. The van der Waals surface area contributed by atoms with Crippen molar-refractivity contribution in [3.63, 3.8) is 0 Å². The van der Waals surface area contributed by atoms with Crippen molar-refractivity contribution in [1.82, 2.24) is 5.32 Å². The Morgan fingerprint density at radius 1 is 1.21 bits per heavy atom. The molecule has 0 spiro atoms. The molecule has 0 heterocycles. The lowest BCUT2D eigenvalue weighted by Crippen LogP contribution is -2.50. The predicted octanol–water partition coefficient (Wildman–Crippen LogP) is 2.28. The molecule has 0 aliphatic heterocycles. The number of nitrogens with one attached hydrogen (secondary N) is 1. The Hall–Kier alpha value is -0.820. The molecule has 0 aromatic carbocycles. The minimum Gasteiger partial charge on any atom is -0.468 e. The second-order valence-electron chi connectivity index (χ2n) is 4.44. The van der Waals surface area contributed by atoms with Gasteiger partial charge < -0.3 is 14.8 Å². The molecule has 0 bridgehead atoms. The standard InChI is InChI=1S/C12H22F3NO3/c1-4-16-11(2,10(17)18-3)7-9-19-8-5-6-12(13,14)15/h16H,4-9H2,1-3H3. The summed E-state index contributed by atoms with van der Waals surface area (Å²) in [6.45, 7) is 4.35. The highest BCUT2D eigenvalue weighted by molar-refractivity contribution is 5.80. The maximum Gasteiger partial charge on any atom is 0.389 e. The molecule has 19 heavy (non-hydrogen) atoms. The zero-order valence-electron chi connectivity index (χ0n) is 11.6. The van der Waals surface area contributed by atoms with Crippen molar-refractivity contribution < 1.29 is 27.4 Å². The van der Waals surface area contributed by atoms with Crippen molar-refractivity contribution >= 4 is 5.97 Å². The number of likely N-dealkylation sites (N-methyl/N-ethyl adjacent to an activating group) is 1. The van der Waals surface area contributed by atoms with Gasteiger partial charge in [-0.3, -0.25) is 4.79 Å². The molecule has 7 heteroatoms. The summed E-state index contributed by atoms with van der Waals surface area (Å²) in [5.41, 5.74) is -0.868. The molecular weight excluding hydrogens is 263 g/mol. The summed E-state index contributed by atoms with van der Waals surface area (Å²) < 4.78 is 45.4. The molecular formula is C12H22F3NO3. The van der Waals surface area contributed by atoms with Gasteiger partial charge >= 0.3 is 12.1 Å². The molecule has 0 rings (SSSR count). The smallest absolute Gasteiger partial charge is 0.389 e. The van der Waals surface area contributed by atoms with Crippen LogP contribution in [-0.2, 0) is 14.3 Å². The number of halogens is 3. The van der Waals surface area contributed by atoms with Crippen LogP contribution >= 0.6 is 0 Å². The second-order valence-corrected chi connectivity index (χ2v) is 4.44. The van der Waals surface area contributed by atoms with E-state index in [9.17, 15) is 18.0 Å². The lowest BCUT2D eigenvalue weighted by molar-refractivity contribution is -0.148. The van der Waals surface area contributed by atoms with Crippen LogP contribution in [0.15, 0.2) is 0 Å². The third kappa shape index (κ3) is 8.05. The van der Waals surface area contributed by atoms with Gasteiger partial charge in [-0.2, -0.15) is 13.2 Å². The number of methoxy groups -OCH3 is 1. The van der Waals surface area contributed by atoms with Crippen LogP contribution < -0.4 is 5.32 Å². The van der Waals surface area contributed by atoms with Crippen LogP contribution in [0.2, 0.25) is 0 Å². The van der Waals surface area contributed by atoms with E-state index in [1.165, 1.54) is 7.11 Å². The summed E-state index contributed by atoms with van der Waals surface area (Å²) >= 11 is 0. The lowest BCUT2D eigenvalue weighted by atomic mass is 9.98. The van der Waals surface area contributed by atoms with E-state index in [-0.39, 0.29) is 19.6 Å². The third-order valence-corrected chi connectivity index (χ3v) is 2.70. The van der Waals surface area contributed by atoms with E-state index in [2.05, 4.69) is 10.1 Å². The summed E-state index contributed by atoms with van der Waals surface area (Å²) in [4.78, 5) is 11.6. The summed E-state index contributed by atoms with van der Waals surface area (Å²) in [5.74, 6) is -0.409. The van der Waals surface area contributed by atoms with Gasteiger partial charge in [-0.05, 0) is 26.3 Å². The number of ether oxygens (including phenoxy) is 2. The fourth-order valence-corrected chi connectivity index (χ4v) is 1.63. The molecule has 4 nitrogen and oxygen atoms in total. The van der Waals surface area contributed by atoms with Gasteiger partial charge in [0, 0.05) is 19.6 Å². The first kappa shape index (κ1) is 18.2. The Bertz CT molecular complexity index is 271. The fraction of sp³-hybridized carbons (Fsp3) is 0.917. The van der Waals surface area contributed by atoms with Gasteiger partial charge in [0.2, 0.25) is 0 Å². The Balaban J connectivity index is 3.92. The molecule has 0 saturated carbocycles. The van der Waals surface area contributed by atoms with Crippen molar-refractivity contribution in [2.75, 3.05) is 26.9 Å². The minimum atomic E-state index is -4.15. The van der Waals surface area contributed by atoms with Crippen molar-refractivity contribution in [2.24, 2.45) is 0 Å². The molecule has 1 unspecified atom stereocenters. The van der Waals surface area contributed by atoms with Crippen LogP contribution in [0.4, 0.5) is 13.2 Å². The van der Waals surface area contributed by atoms with E-state index in [0.29, 0.717) is 13.0 Å². The summed E-state index contributed by atoms with van der Waals surface area (Å²) in [7, 11) is 1.29. The van der Waals surface area contributed by atoms with Crippen molar-refractivity contribution in [3.05, 3.63) is 0 Å². The van der Waals surface area contributed by atoms with Crippen molar-refractivity contribution in [2.45, 2.75) is 44.8 Å². The van der Waals surface area contributed by atoms with Gasteiger partial charge in [-0.15, -0.1) is 0 Å². The van der Waals surface area contributed by atoms with Crippen LogP contribution in [0.3, 0.4) is 0 Å². The zero-order valence-corrected chi connectivity index (χ0v) is 11.6. The molecule has 0 aromatic rings. The average Bonchev–Trinajstić information content (AvgIpc) is 2.31. The Morgan fingerprint density at radius 3 is 2.32 bits per heavy atom. The first-order valence-corrected chi connectivity index (χ1v) is 6.23.